The number of nitrogens with zero attached hydrogens (tertiary/aromatic N) is 1. The van der Waals surface area contributed by atoms with Crippen molar-refractivity contribution in [2.24, 2.45) is 23.5 Å². The maximum absolute atomic E-state index is 6.29. The van der Waals surface area contributed by atoms with Gasteiger partial charge in [0.05, 0.1) is 11.2 Å². The minimum atomic E-state index is 0.459. The number of thiazole rings is 1. The molecule has 2 saturated carbocycles. The van der Waals surface area contributed by atoms with Crippen LogP contribution in [0.15, 0.2) is 10.9 Å². The third-order valence-electron chi connectivity index (χ3n) is 4.58. The van der Waals surface area contributed by atoms with Gasteiger partial charge in [-0.05, 0) is 43.6 Å². The number of hydrogen-bond acceptors (Lipinski definition) is 4. The molecule has 3 nitrogen and oxygen atoms in total. The van der Waals surface area contributed by atoms with Gasteiger partial charge < -0.3 is 11.1 Å². The quantitative estimate of drug-likeness (QED) is 0.782. The lowest BCUT2D eigenvalue weighted by molar-refractivity contribution is 0.279. The van der Waals surface area contributed by atoms with Crippen LogP contribution in [-0.2, 0) is 6.42 Å². The second kappa shape index (κ2) is 5.04. The van der Waals surface area contributed by atoms with Crippen molar-refractivity contribution < 1.29 is 0 Å². The van der Waals surface area contributed by atoms with Gasteiger partial charge in [-0.2, -0.15) is 0 Å². The first-order valence-electron chi connectivity index (χ1n) is 6.68. The topological polar surface area (TPSA) is 50.9 Å². The molecular weight excluding hydrogens is 230 g/mol. The molecule has 0 aromatic carbocycles. The Morgan fingerprint density at radius 1 is 1.41 bits per heavy atom. The lowest BCUT2D eigenvalue weighted by Crippen LogP contribution is -2.41. The molecule has 4 unspecified atom stereocenters. The van der Waals surface area contributed by atoms with Crippen LogP contribution in [0.1, 0.15) is 25.0 Å². The number of nitrogens with two attached hydrogens (primary N) is 1. The Bertz CT molecular complexity index is 350. The number of hydrogen-bond donors (Lipinski definition) is 2. The minimum absolute atomic E-state index is 0.459. The zero-order chi connectivity index (χ0) is 11.7. The molecular formula is C13H21N3S. The van der Waals surface area contributed by atoms with Gasteiger partial charge in [0, 0.05) is 24.4 Å². The molecule has 1 aromatic rings. The fourth-order valence-electron chi connectivity index (χ4n) is 3.60. The first kappa shape index (κ1) is 11.6. The smallest absolute Gasteiger partial charge is 0.0794 e. The molecule has 2 fully saturated rings. The first-order chi connectivity index (χ1) is 8.34. The number of aromatic nitrogens is 1. The van der Waals surface area contributed by atoms with E-state index in [9.17, 15) is 0 Å². The summed E-state index contributed by atoms with van der Waals surface area (Å²) in [6.45, 7) is 2.14. The Morgan fingerprint density at radius 2 is 2.29 bits per heavy atom. The van der Waals surface area contributed by atoms with Gasteiger partial charge in [-0.3, -0.25) is 0 Å². The van der Waals surface area contributed by atoms with Gasteiger partial charge in [0.1, 0.15) is 0 Å². The molecule has 4 heteroatoms. The van der Waals surface area contributed by atoms with Gasteiger partial charge >= 0.3 is 0 Å². The van der Waals surface area contributed by atoms with Crippen LogP contribution in [0.25, 0.3) is 0 Å². The Morgan fingerprint density at radius 3 is 3.00 bits per heavy atom. The molecule has 2 aliphatic rings. The average Bonchev–Trinajstić information content (AvgIpc) is 3.03. The SMILES string of the molecule is NC1C2CCC(C2)C1CNCCc1cscn1. The van der Waals surface area contributed by atoms with Crippen LogP contribution < -0.4 is 11.1 Å². The van der Waals surface area contributed by atoms with E-state index in [-0.39, 0.29) is 0 Å². The standard InChI is InChI=1S/C13H21N3S/c14-13-10-2-1-9(5-10)12(13)6-15-4-3-11-7-17-8-16-11/h7-10,12-13,15H,1-6,14H2. The van der Waals surface area contributed by atoms with Crippen molar-refractivity contribution in [2.75, 3.05) is 13.1 Å². The molecule has 4 atom stereocenters. The van der Waals surface area contributed by atoms with Crippen molar-refractivity contribution in [3.8, 4) is 0 Å². The van der Waals surface area contributed by atoms with Crippen molar-refractivity contribution in [3.63, 3.8) is 0 Å². The van der Waals surface area contributed by atoms with Gasteiger partial charge in [0.25, 0.3) is 0 Å². The van der Waals surface area contributed by atoms with Gasteiger partial charge in [-0.15, -0.1) is 11.3 Å². The predicted octanol–water partition coefficient (Wildman–Crippen LogP) is 1.65. The summed E-state index contributed by atoms with van der Waals surface area (Å²) < 4.78 is 0. The van der Waals surface area contributed by atoms with E-state index in [1.807, 2.05) is 5.51 Å². The van der Waals surface area contributed by atoms with E-state index in [2.05, 4.69) is 15.7 Å². The molecule has 17 heavy (non-hydrogen) atoms. The summed E-state index contributed by atoms with van der Waals surface area (Å²) in [5, 5.41) is 5.70. The highest BCUT2D eigenvalue weighted by Crippen LogP contribution is 2.47. The molecule has 2 bridgehead atoms. The van der Waals surface area contributed by atoms with Crippen LogP contribution in [0.2, 0.25) is 0 Å². The molecule has 3 N–H and O–H groups in total. The van der Waals surface area contributed by atoms with E-state index < -0.39 is 0 Å². The average molecular weight is 251 g/mol. The largest absolute Gasteiger partial charge is 0.327 e. The monoisotopic (exact) mass is 251 g/mol. The first-order valence-corrected chi connectivity index (χ1v) is 7.62. The summed E-state index contributed by atoms with van der Waals surface area (Å²) >= 11 is 1.67. The highest BCUT2D eigenvalue weighted by Gasteiger charge is 2.45. The van der Waals surface area contributed by atoms with E-state index in [4.69, 9.17) is 5.73 Å². The molecule has 0 aliphatic heterocycles. The van der Waals surface area contributed by atoms with Crippen LogP contribution in [0.5, 0.6) is 0 Å². The van der Waals surface area contributed by atoms with E-state index in [0.717, 1.165) is 37.3 Å². The highest BCUT2D eigenvalue weighted by molar-refractivity contribution is 7.07. The van der Waals surface area contributed by atoms with Crippen LogP contribution in [0.4, 0.5) is 0 Å². The second-order valence-electron chi connectivity index (χ2n) is 5.51. The number of nitrogens with one attached hydrogen (secondary N) is 1. The van der Waals surface area contributed by atoms with Gasteiger partial charge in [-0.1, -0.05) is 0 Å². The van der Waals surface area contributed by atoms with Crippen LogP contribution in [0.3, 0.4) is 0 Å². The molecule has 0 saturated heterocycles. The van der Waals surface area contributed by atoms with Crippen LogP contribution in [-0.4, -0.2) is 24.1 Å². The van der Waals surface area contributed by atoms with Crippen LogP contribution >= 0.6 is 11.3 Å². The molecule has 0 amide bonds. The normalized spacial score (nSPS) is 35.6. The summed E-state index contributed by atoms with van der Waals surface area (Å²) in [7, 11) is 0. The van der Waals surface area contributed by atoms with Crippen molar-refractivity contribution in [1.29, 1.82) is 0 Å². The Hall–Kier alpha value is -0.450. The minimum Gasteiger partial charge on any atom is -0.327 e. The van der Waals surface area contributed by atoms with E-state index in [0.29, 0.717) is 6.04 Å². The number of rotatable bonds is 5. The molecule has 0 spiro atoms. The second-order valence-corrected chi connectivity index (χ2v) is 6.23. The maximum atomic E-state index is 6.29. The van der Waals surface area contributed by atoms with E-state index >= 15 is 0 Å². The maximum Gasteiger partial charge on any atom is 0.0794 e. The summed E-state index contributed by atoms with van der Waals surface area (Å²) in [5.74, 6) is 2.45. The molecule has 2 aliphatic carbocycles. The number of fused-ring (bicyclic) bond motifs is 2. The summed E-state index contributed by atoms with van der Waals surface area (Å²) in [6.07, 6.45) is 5.22. The van der Waals surface area contributed by atoms with E-state index in [1.54, 1.807) is 11.3 Å². The molecule has 94 valence electrons. The fourth-order valence-corrected chi connectivity index (χ4v) is 4.20. The van der Waals surface area contributed by atoms with Crippen molar-refractivity contribution in [2.45, 2.75) is 31.7 Å². The predicted molar refractivity (Wildman–Crippen MR) is 71.0 cm³/mol. The summed E-state index contributed by atoms with van der Waals surface area (Å²) in [5.41, 5.74) is 9.40. The van der Waals surface area contributed by atoms with Crippen LogP contribution in [0, 0.1) is 17.8 Å². The van der Waals surface area contributed by atoms with E-state index in [1.165, 1.54) is 25.0 Å². The van der Waals surface area contributed by atoms with Gasteiger partial charge in [0.2, 0.25) is 0 Å². The highest BCUT2D eigenvalue weighted by atomic mass is 32.1. The Kier molecular flexibility index (Phi) is 3.45. The lowest BCUT2D eigenvalue weighted by atomic mass is 9.85. The zero-order valence-corrected chi connectivity index (χ0v) is 11.0. The molecule has 1 heterocycles. The zero-order valence-electron chi connectivity index (χ0n) is 10.1. The fraction of sp³-hybridized carbons (Fsp3) is 0.769. The third kappa shape index (κ3) is 2.39. The van der Waals surface area contributed by atoms with Crippen molar-refractivity contribution in [3.05, 3.63) is 16.6 Å². The Balaban J connectivity index is 1.40. The lowest BCUT2D eigenvalue weighted by Gasteiger charge is -2.28. The third-order valence-corrected chi connectivity index (χ3v) is 5.21. The summed E-state index contributed by atoms with van der Waals surface area (Å²) in [6, 6.07) is 0.459. The summed E-state index contributed by atoms with van der Waals surface area (Å²) in [4.78, 5) is 4.29. The van der Waals surface area contributed by atoms with Crippen molar-refractivity contribution >= 4 is 11.3 Å². The molecule has 0 radical (unpaired) electrons. The Labute approximate surface area is 107 Å². The molecule has 1 aromatic heterocycles. The van der Waals surface area contributed by atoms with Gasteiger partial charge in [-0.25, -0.2) is 4.98 Å². The molecule has 3 rings (SSSR count). The van der Waals surface area contributed by atoms with Crippen molar-refractivity contribution in [1.82, 2.24) is 10.3 Å². The van der Waals surface area contributed by atoms with Gasteiger partial charge in [0.15, 0.2) is 0 Å².